The van der Waals surface area contributed by atoms with Crippen LogP contribution in [0.25, 0.3) is 0 Å². The molecule has 5 nitrogen and oxygen atoms in total. The van der Waals surface area contributed by atoms with Crippen molar-refractivity contribution in [2.45, 2.75) is 19.6 Å². The SMILES string of the molecule is NCc1nccn1Cc1nccn1C(F)F. The van der Waals surface area contributed by atoms with Crippen molar-refractivity contribution in [1.29, 1.82) is 0 Å². The third-order valence-electron chi connectivity index (χ3n) is 2.26. The maximum absolute atomic E-state index is 12.5. The van der Waals surface area contributed by atoms with E-state index in [9.17, 15) is 8.78 Å². The molecule has 2 aromatic rings. The molecule has 0 unspecified atom stereocenters. The molecule has 0 atom stereocenters. The monoisotopic (exact) mass is 227 g/mol. The second-order valence-electron chi connectivity index (χ2n) is 3.20. The molecule has 0 spiro atoms. The Morgan fingerprint density at radius 2 is 1.88 bits per heavy atom. The molecule has 0 saturated carbocycles. The molecule has 0 bridgehead atoms. The summed E-state index contributed by atoms with van der Waals surface area (Å²) in [5.41, 5.74) is 5.46. The van der Waals surface area contributed by atoms with E-state index in [0.717, 1.165) is 4.57 Å². The van der Waals surface area contributed by atoms with Gasteiger partial charge in [0.1, 0.15) is 11.6 Å². The van der Waals surface area contributed by atoms with Crippen LogP contribution in [0, 0.1) is 0 Å². The molecule has 0 aromatic carbocycles. The molecule has 0 amide bonds. The average molecular weight is 227 g/mol. The molecule has 0 saturated heterocycles. The van der Waals surface area contributed by atoms with E-state index in [-0.39, 0.29) is 18.9 Å². The van der Waals surface area contributed by atoms with Crippen molar-refractivity contribution in [2.24, 2.45) is 5.73 Å². The third kappa shape index (κ3) is 1.94. The maximum atomic E-state index is 12.5. The lowest BCUT2D eigenvalue weighted by Gasteiger charge is -2.08. The Balaban J connectivity index is 2.23. The Bertz CT molecular complexity index is 462. The highest BCUT2D eigenvalue weighted by molar-refractivity contribution is 4.99. The van der Waals surface area contributed by atoms with E-state index < -0.39 is 6.55 Å². The zero-order valence-electron chi connectivity index (χ0n) is 8.42. The molecule has 0 fully saturated rings. The van der Waals surface area contributed by atoms with Gasteiger partial charge in [-0.15, -0.1) is 0 Å². The summed E-state index contributed by atoms with van der Waals surface area (Å²) in [6.07, 6.45) is 5.87. The summed E-state index contributed by atoms with van der Waals surface area (Å²) in [7, 11) is 0. The molecule has 16 heavy (non-hydrogen) atoms. The molecule has 0 aliphatic heterocycles. The van der Waals surface area contributed by atoms with Crippen LogP contribution < -0.4 is 5.73 Å². The summed E-state index contributed by atoms with van der Waals surface area (Å²) in [4.78, 5) is 7.88. The first kappa shape index (κ1) is 10.7. The van der Waals surface area contributed by atoms with Crippen molar-refractivity contribution >= 4 is 0 Å². The van der Waals surface area contributed by atoms with Crippen LogP contribution in [0.3, 0.4) is 0 Å². The first-order valence-corrected chi connectivity index (χ1v) is 4.72. The van der Waals surface area contributed by atoms with E-state index >= 15 is 0 Å². The highest BCUT2D eigenvalue weighted by Gasteiger charge is 2.12. The van der Waals surface area contributed by atoms with Gasteiger partial charge < -0.3 is 10.3 Å². The van der Waals surface area contributed by atoms with E-state index in [0.29, 0.717) is 5.82 Å². The van der Waals surface area contributed by atoms with Crippen molar-refractivity contribution in [3.8, 4) is 0 Å². The number of hydrogen-bond donors (Lipinski definition) is 1. The second kappa shape index (κ2) is 4.40. The van der Waals surface area contributed by atoms with Crippen molar-refractivity contribution in [3.63, 3.8) is 0 Å². The van der Waals surface area contributed by atoms with Gasteiger partial charge in [-0.1, -0.05) is 0 Å². The van der Waals surface area contributed by atoms with Gasteiger partial charge in [-0.05, 0) is 0 Å². The van der Waals surface area contributed by atoms with Gasteiger partial charge in [0, 0.05) is 24.8 Å². The topological polar surface area (TPSA) is 61.7 Å². The maximum Gasteiger partial charge on any atom is 0.319 e. The number of imidazole rings is 2. The molecule has 7 heteroatoms. The molecule has 0 radical (unpaired) electrons. The van der Waals surface area contributed by atoms with Gasteiger partial charge in [0.15, 0.2) is 0 Å². The fourth-order valence-electron chi connectivity index (χ4n) is 1.47. The van der Waals surface area contributed by atoms with E-state index in [1.54, 1.807) is 17.0 Å². The van der Waals surface area contributed by atoms with Crippen molar-refractivity contribution in [1.82, 2.24) is 19.1 Å². The summed E-state index contributed by atoms with van der Waals surface area (Å²) in [5, 5.41) is 0. The number of aromatic nitrogens is 4. The fraction of sp³-hybridized carbons (Fsp3) is 0.333. The lowest BCUT2D eigenvalue weighted by atomic mass is 10.5. The molecule has 2 heterocycles. The Morgan fingerprint density at radius 1 is 1.19 bits per heavy atom. The first-order valence-electron chi connectivity index (χ1n) is 4.72. The molecule has 0 aliphatic carbocycles. The van der Waals surface area contributed by atoms with Crippen LogP contribution in [0.15, 0.2) is 24.8 Å². The van der Waals surface area contributed by atoms with Crippen LogP contribution in [0.4, 0.5) is 8.78 Å². The Labute approximate surface area is 90.5 Å². The standard InChI is InChI=1S/C9H11F2N5/c10-9(11)16-4-2-14-8(16)6-15-3-1-13-7(15)5-12/h1-4,9H,5-6,12H2. The predicted octanol–water partition coefficient (Wildman–Crippen LogP) is 0.982. The minimum atomic E-state index is -2.58. The summed E-state index contributed by atoms with van der Waals surface area (Å²) < 4.78 is 27.6. The quantitative estimate of drug-likeness (QED) is 0.847. The lowest BCUT2D eigenvalue weighted by Crippen LogP contribution is -2.13. The largest absolute Gasteiger partial charge is 0.326 e. The molecular weight excluding hydrogens is 216 g/mol. The zero-order chi connectivity index (χ0) is 11.5. The highest BCUT2D eigenvalue weighted by Crippen LogP contribution is 2.13. The Morgan fingerprint density at radius 3 is 2.56 bits per heavy atom. The zero-order valence-corrected chi connectivity index (χ0v) is 8.42. The minimum absolute atomic E-state index is 0.240. The van der Waals surface area contributed by atoms with E-state index in [1.807, 2.05) is 0 Å². The molecule has 86 valence electrons. The van der Waals surface area contributed by atoms with Crippen molar-refractivity contribution in [3.05, 3.63) is 36.4 Å². The Hall–Kier alpha value is -1.76. The summed E-state index contributed by atoms with van der Waals surface area (Å²) >= 11 is 0. The molecule has 2 rings (SSSR count). The molecule has 2 N–H and O–H groups in total. The van der Waals surface area contributed by atoms with Gasteiger partial charge >= 0.3 is 6.55 Å². The summed E-state index contributed by atoms with van der Waals surface area (Å²) in [6.45, 7) is -2.07. The fourth-order valence-corrected chi connectivity index (χ4v) is 1.47. The van der Waals surface area contributed by atoms with Gasteiger partial charge in [0.25, 0.3) is 0 Å². The minimum Gasteiger partial charge on any atom is -0.326 e. The number of halogens is 2. The normalized spacial score (nSPS) is 11.2. The number of alkyl halides is 2. The molecule has 0 aliphatic rings. The van der Waals surface area contributed by atoms with Gasteiger partial charge in [0.2, 0.25) is 0 Å². The van der Waals surface area contributed by atoms with E-state index in [1.165, 1.54) is 12.4 Å². The lowest BCUT2D eigenvalue weighted by molar-refractivity contribution is 0.0666. The number of nitrogens with two attached hydrogens (primary N) is 1. The van der Waals surface area contributed by atoms with Crippen LogP contribution in [-0.2, 0) is 13.1 Å². The second-order valence-corrected chi connectivity index (χ2v) is 3.20. The summed E-state index contributed by atoms with van der Waals surface area (Å²) in [5.74, 6) is 0.923. The van der Waals surface area contributed by atoms with Crippen LogP contribution >= 0.6 is 0 Å². The highest BCUT2D eigenvalue weighted by atomic mass is 19.3. The van der Waals surface area contributed by atoms with Crippen molar-refractivity contribution < 1.29 is 8.78 Å². The van der Waals surface area contributed by atoms with E-state index in [2.05, 4.69) is 9.97 Å². The van der Waals surface area contributed by atoms with Gasteiger partial charge in [-0.25, -0.2) is 9.97 Å². The summed E-state index contributed by atoms with van der Waals surface area (Å²) in [6, 6.07) is 0. The van der Waals surface area contributed by atoms with Gasteiger partial charge in [-0.2, -0.15) is 8.78 Å². The van der Waals surface area contributed by atoms with Crippen LogP contribution in [0.2, 0.25) is 0 Å². The molecular formula is C9H11F2N5. The van der Waals surface area contributed by atoms with Crippen molar-refractivity contribution in [2.75, 3.05) is 0 Å². The van der Waals surface area contributed by atoms with Crippen LogP contribution in [0.5, 0.6) is 0 Å². The molecule has 2 aromatic heterocycles. The third-order valence-corrected chi connectivity index (χ3v) is 2.26. The van der Waals surface area contributed by atoms with Crippen LogP contribution in [0.1, 0.15) is 18.2 Å². The average Bonchev–Trinajstić information content (AvgIpc) is 2.86. The number of hydrogen-bond acceptors (Lipinski definition) is 3. The predicted molar refractivity (Wildman–Crippen MR) is 52.7 cm³/mol. The first-order chi connectivity index (χ1) is 7.72. The smallest absolute Gasteiger partial charge is 0.319 e. The Kier molecular flexibility index (Phi) is 2.95. The van der Waals surface area contributed by atoms with Crippen LogP contribution in [-0.4, -0.2) is 19.1 Å². The number of nitrogens with zero attached hydrogens (tertiary/aromatic N) is 4. The van der Waals surface area contributed by atoms with E-state index in [4.69, 9.17) is 5.73 Å². The number of rotatable bonds is 4. The van der Waals surface area contributed by atoms with Gasteiger partial charge in [0.05, 0.1) is 13.1 Å². The van der Waals surface area contributed by atoms with Gasteiger partial charge in [-0.3, -0.25) is 4.57 Å².